The van der Waals surface area contributed by atoms with Crippen LogP contribution in [0.4, 0.5) is 14.5 Å². The van der Waals surface area contributed by atoms with E-state index in [1.165, 1.54) is 14.0 Å². The van der Waals surface area contributed by atoms with Crippen LogP contribution in [0, 0.1) is 18.6 Å². The molecule has 126 valence electrons. The molecule has 0 aliphatic rings. The molecule has 2 rings (SSSR count). The average Bonchev–Trinajstić information content (AvgIpc) is 2.81. The Hall–Kier alpha value is -1.97. The molecule has 0 atom stereocenters. The van der Waals surface area contributed by atoms with Crippen molar-refractivity contribution < 1.29 is 26.5 Å². The van der Waals surface area contributed by atoms with Crippen LogP contribution in [0.3, 0.4) is 0 Å². The summed E-state index contributed by atoms with van der Waals surface area (Å²) in [5.41, 5.74) is -0.601. The number of carbonyl (C=O) groups is 1. The number of nitrogens with one attached hydrogen (secondary N) is 1. The molecule has 23 heavy (non-hydrogen) atoms. The van der Waals surface area contributed by atoms with E-state index in [1.807, 2.05) is 0 Å². The van der Waals surface area contributed by atoms with Crippen molar-refractivity contribution >= 4 is 34.1 Å². The van der Waals surface area contributed by atoms with E-state index < -0.39 is 32.6 Å². The van der Waals surface area contributed by atoms with Crippen LogP contribution in [0.15, 0.2) is 29.3 Å². The number of halogens is 3. The zero-order valence-electron chi connectivity index (χ0n) is 12.0. The number of hydrogen-bond acceptors (Lipinski definition) is 3. The molecule has 0 unspecified atom stereocenters. The number of rotatable bonds is 3. The van der Waals surface area contributed by atoms with Crippen molar-refractivity contribution in [2.75, 3.05) is 5.32 Å². The number of amides is 1. The molecule has 0 saturated carbocycles. The zero-order chi connectivity index (χ0) is 16.7. The van der Waals surface area contributed by atoms with Crippen LogP contribution in [0.5, 0.6) is 0 Å². The number of aromatic nitrogens is 1. The normalized spacial score (nSPS) is 11.0. The molecule has 2 aromatic rings. The largest absolute Gasteiger partial charge is 0.345 e. The monoisotopic (exact) mass is 366 g/mol. The number of aryl methyl sites for hydroxylation is 1. The van der Waals surface area contributed by atoms with Crippen molar-refractivity contribution in [2.24, 2.45) is 7.05 Å². The van der Waals surface area contributed by atoms with E-state index in [0.717, 1.165) is 29.0 Å². The Morgan fingerprint density at radius 3 is 2.43 bits per heavy atom. The summed E-state index contributed by atoms with van der Waals surface area (Å²) >= 11 is 0. The van der Waals surface area contributed by atoms with Crippen molar-refractivity contribution in [1.82, 2.24) is 4.57 Å². The fraction of sp³-hybridized carbons (Fsp3) is 0.154. The third-order valence-electron chi connectivity index (χ3n) is 3.08. The first kappa shape index (κ1) is 19.1. The molecule has 0 aliphatic carbocycles. The molecule has 1 amide bonds. The predicted molar refractivity (Wildman–Crippen MR) is 81.5 cm³/mol. The smallest absolute Gasteiger partial charge is 0.296 e. The standard InChI is InChI=1S/C13H12F2N2O4S.ClH/c1-7-9(14)3-4-10(12(7)15)16-13(18)11-5-8(6-17(11)2)22(19,20)21;/h3-6H,1-2H3,(H,16,18)(H,19,20,21);1H. The third kappa shape index (κ3) is 3.87. The SMILES string of the molecule is Cc1c(F)ccc(NC(=O)c2cc(S(=O)(=O)O)cn2C)c1F.Cl. The second kappa shape index (κ2) is 6.65. The predicted octanol–water partition coefficient (Wildman–Crippen LogP) is 2.53. The molecule has 6 nitrogen and oxygen atoms in total. The van der Waals surface area contributed by atoms with Gasteiger partial charge in [-0.25, -0.2) is 8.78 Å². The van der Waals surface area contributed by atoms with E-state index in [2.05, 4.69) is 5.32 Å². The summed E-state index contributed by atoms with van der Waals surface area (Å²) < 4.78 is 59.1. The Bertz CT molecular complexity index is 865. The molecule has 0 saturated heterocycles. The summed E-state index contributed by atoms with van der Waals surface area (Å²) in [5.74, 6) is -2.47. The van der Waals surface area contributed by atoms with Gasteiger partial charge in [0.1, 0.15) is 16.4 Å². The minimum absolute atomic E-state index is 0. The Balaban J connectivity index is 0.00000264. The minimum Gasteiger partial charge on any atom is -0.345 e. The van der Waals surface area contributed by atoms with Crippen LogP contribution < -0.4 is 5.32 Å². The topological polar surface area (TPSA) is 88.4 Å². The van der Waals surface area contributed by atoms with Crippen LogP contribution in [0.1, 0.15) is 16.1 Å². The number of anilines is 1. The maximum Gasteiger partial charge on any atom is 0.296 e. The average molecular weight is 367 g/mol. The van der Waals surface area contributed by atoms with Crippen LogP contribution >= 0.6 is 12.4 Å². The van der Waals surface area contributed by atoms with E-state index in [0.29, 0.717) is 0 Å². The lowest BCUT2D eigenvalue weighted by Crippen LogP contribution is -2.16. The molecular weight excluding hydrogens is 354 g/mol. The number of hydrogen-bond donors (Lipinski definition) is 2. The number of nitrogens with zero attached hydrogens (tertiary/aromatic N) is 1. The van der Waals surface area contributed by atoms with E-state index >= 15 is 0 Å². The lowest BCUT2D eigenvalue weighted by Gasteiger charge is -2.09. The van der Waals surface area contributed by atoms with Crippen LogP contribution in [0.2, 0.25) is 0 Å². The molecular formula is C13H13ClF2N2O4S. The first-order valence-corrected chi connectivity index (χ1v) is 7.45. The summed E-state index contributed by atoms with van der Waals surface area (Å²) in [6, 6.07) is 3.00. The van der Waals surface area contributed by atoms with Gasteiger partial charge in [-0.3, -0.25) is 9.35 Å². The maximum atomic E-state index is 13.8. The number of carbonyl (C=O) groups excluding carboxylic acids is 1. The highest BCUT2D eigenvalue weighted by Crippen LogP contribution is 2.21. The molecule has 0 bridgehead atoms. The fourth-order valence-electron chi connectivity index (χ4n) is 1.85. The van der Waals surface area contributed by atoms with Gasteiger partial charge >= 0.3 is 0 Å². The van der Waals surface area contributed by atoms with Gasteiger partial charge in [-0.1, -0.05) is 0 Å². The van der Waals surface area contributed by atoms with Gasteiger partial charge in [0.2, 0.25) is 0 Å². The summed E-state index contributed by atoms with van der Waals surface area (Å²) in [6.07, 6.45) is 1.04. The summed E-state index contributed by atoms with van der Waals surface area (Å²) in [4.78, 5) is 11.6. The molecule has 0 aliphatic heterocycles. The lowest BCUT2D eigenvalue weighted by molar-refractivity contribution is 0.101. The Labute approximate surface area is 137 Å². The lowest BCUT2D eigenvalue weighted by atomic mass is 10.2. The van der Waals surface area contributed by atoms with Crippen molar-refractivity contribution in [1.29, 1.82) is 0 Å². The molecule has 2 N–H and O–H groups in total. The van der Waals surface area contributed by atoms with Crippen molar-refractivity contribution in [3.63, 3.8) is 0 Å². The Kier molecular flexibility index (Phi) is 5.51. The van der Waals surface area contributed by atoms with Gasteiger partial charge in [0.25, 0.3) is 16.0 Å². The highest BCUT2D eigenvalue weighted by molar-refractivity contribution is 7.85. The van der Waals surface area contributed by atoms with Gasteiger partial charge in [0.15, 0.2) is 5.82 Å². The summed E-state index contributed by atoms with van der Waals surface area (Å²) in [6.45, 7) is 1.22. The van der Waals surface area contributed by atoms with E-state index in [1.54, 1.807) is 0 Å². The molecule has 1 aromatic carbocycles. The van der Waals surface area contributed by atoms with E-state index in [4.69, 9.17) is 4.55 Å². The quantitative estimate of drug-likeness (QED) is 0.817. The Morgan fingerprint density at radius 1 is 1.30 bits per heavy atom. The van der Waals surface area contributed by atoms with Gasteiger partial charge in [-0.2, -0.15) is 8.42 Å². The molecule has 0 fully saturated rings. The van der Waals surface area contributed by atoms with Gasteiger partial charge in [0, 0.05) is 18.8 Å². The van der Waals surface area contributed by atoms with E-state index in [9.17, 15) is 22.0 Å². The van der Waals surface area contributed by atoms with Crippen molar-refractivity contribution in [2.45, 2.75) is 11.8 Å². The zero-order valence-corrected chi connectivity index (χ0v) is 13.6. The van der Waals surface area contributed by atoms with Crippen LogP contribution in [0.25, 0.3) is 0 Å². The second-order valence-corrected chi connectivity index (χ2v) is 6.06. The molecule has 0 radical (unpaired) electrons. The molecule has 1 heterocycles. The van der Waals surface area contributed by atoms with Crippen molar-refractivity contribution in [3.8, 4) is 0 Å². The van der Waals surface area contributed by atoms with Gasteiger partial charge in [0.05, 0.1) is 5.69 Å². The first-order valence-electron chi connectivity index (χ1n) is 6.01. The first-order chi connectivity index (χ1) is 10.1. The maximum absolute atomic E-state index is 13.8. The number of benzene rings is 1. The van der Waals surface area contributed by atoms with Gasteiger partial charge in [-0.05, 0) is 25.1 Å². The van der Waals surface area contributed by atoms with Crippen LogP contribution in [-0.2, 0) is 17.2 Å². The molecule has 1 aromatic heterocycles. The third-order valence-corrected chi connectivity index (χ3v) is 3.90. The molecule has 0 spiro atoms. The van der Waals surface area contributed by atoms with Gasteiger partial charge < -0.3 is 9.88 Å². The fourth-order valence-corrected chi connectivity index (χ4v) is 2.40. The minimum atomic E-state index is -4.46. The summed E-state index contributed by atoms with van der Waals surface area (Å²) in [5, 5.41) is 2.22. The highest BCUT2D eigenvalue weighted by Gasteiger charge is 2.20. The Morgan fingerprint density at radius 2 is 1.91 bits per heavy atom. The van der Waals surface area contributed by atoms with E-state index in [-0.39, 0.29) is 29.4 Å². The molecule has 10 heteroatoms. The highest BCUT2D eigenvalue weighted by atomic mass is 35.5. The van der Waals surface area contributed by atoms with Crippen LogP contribution in [-0.4, -0.2) is 23.4 Å². The van der Waals surface area contributed by atoms with Gasteiger partial charge in [-0.15, -0.1) is 12.4 Å². The summed E-state index contributed by atoms with van der Waals surface area (Å²) in [7, 11) is -3.07. The second-order valence-electron chi connectivity index (χ2n) is 4.64. The van der Waals surface area contributed by atoms with Crippen molar-refractivity contribution in [3.05, 3.63) is 47.3 Å².